The van der Waals surface area contributed by atoms with Crippen LogP contribution in [-0.4, -0.2) is 25.6 Å². The lowest BCUT2D eigenvalue weighted by molar-refractivity contribution is -0.143. The smallest absolute Gasteiger partial charge is 0.420 e. The highest BCUT2D eigenvalue weighted by Gasteiger charge is 2.19. The van der Waals surface area contributed by atoms with Gasteiger partial charge in [0.1, 0.15) is 6.54 Å². The van der Waals surface area contributed by atoms with E-state index < -0.39 is 21.7 Å². The van der Waals surface area contributed by atoms with Gasteiger partial charge in [-0.15, -0.1) is 0 Å². The van der Waals surface area contributed by atoms with Gasteiger partial charge >= 0.3 is 11.7 Å². The topological polar surface area (TPSA) is 108 Å². The molecule has 3 aromatic rings. The molecule has 0 unspecified atom stereocenters. The number of hydrogen-bond acceptors (Lipinski definition) is 6. The number of nitrogens with one attached hydrogen (secondary N) is 1. The van der Waals surface area contributed by atoms with Gasteiger partial charge in [-0.3, -0.25) is 14.1 Å². The van der Waals surface area contributed by atoms with Gasteiger partial charge in [0, 0.05) is 6.07 Å². The minimum atomic E-state index is -3.89. The number of benzene rings is 2. The van der Waals surface area contributed by atoms with Crippen LogP contribution in [0.25, 0.3) is 11.1 Å². The van der Waals surface area contributed by atoms with E-state index in [0.717, 1.165) is 10.1 Å². The number of carbonyl (C=O) groups excluding carboxylic acids is 1. The molecule has 0 spiro atoms. The third-order valence-corrected chi connectivity index (χ3v) is 5.55. The van der Waals surface area contributed by atoms with Gasteiger partial charge in [-0.1, -0.05) is 25.1 Å². The standard InChI is InChI=1S/C19H20N2O6S/c1-3-13-7-5-6-8-15(13)20-28(24,25)14-9-10-16-17(11-14)27-19(23)21(16)12-18(22)26-4-2/h5-11,20H,3-4,12H2,1-2H3. The van der Waals surface area contributed by atoms with Crippen molar-refractivity contribution in [2.75, 3.05) is 11.3 Å². The largest absolute Gasteiger partial charge is 0.465 e. The Morgan fingerprint density at radius 3 is 2.64 bits per heavy atom. The second-order valence-electron chi connectivity index (χ2n) is 6.00. The molecule has 0 aliphatic carbocycles. The SMILES string of the molecule is CCOC(=O)Cn1c(=O)oc2cc(S(=O)(=O)Nc3ccccc3CC)ccc21. The van der Waals surface area contributed by atoms with E-state index in [1.165, 1.54) is 18.2 Å². The van der Waals surface area contributed by atoms with Gasteiger partial charge in [0.15, 0.2) is 5.58 Å². The minimum Gasteiger partial charge on any atom is -0.465 e. The molecule has 2 aromatic carbocycles. The van der Waals surface area contributed by atoms with Crippen LogP contribution in [0.1, 0.15) is 19.4 Å². The van der Waals surface area contributed by atoms with Crippen molar-refractivity contribution in [3.05, 3.63) is 58.6 Å². The number of rotatable bonds is 7. The van der Waals surface area contributed by atoms with Gasteiger partial charge in [-0.05, 0) is 37.1 Å². The van der Waals surface area contributed by atoms with Crippen molar-refractivity contribution in [2.24, 2.45) is 0 Å². The van der Waals surface area contributed by atoms with Crippen LogP contribution in [-0.2, 0) is 32.5 Å². The number of para-hydroxylation sites is 1. The van der Waals surface area contributed by atoms with Crippen molar-refractivity contribution in [3.63, 3.8) is 0 Å². The van der Waals surface area contributed by atoms with Crippen LogP contribution >= 0.6 is 0 Å². The van der Waals surface area contributed by atoms with Crippen LogP contribution in [0.3, 0.4) is 0 Å². The Bertz CT molecular complexity index is 1180. The van der Waals surface area contributed by atoms with Crippen molar-refractivity contribution < 1.29 is 22.4 Å². The molecule has 9 heteroatoms. The highest BCUT2D eigenvalue weighted by atomic mass is 32.2. The van der Waals surface area contributed by atoms with Crippen LogP contribution in [0.2, 0.25) is 0 Å². The van der Waals surface area contributed by atoms with Gasteiger partial charge in [0.05, 0.1) is 22.7 Å². The van der Waals surface area contributed by atoms with Crippen molar-refractivity contribution >= 4 is 32.8 Å². The minimum absolute atomic E-state index is 0.0528. The molecular formula is C19H20N2O6S. The van der Waals surface area contributed by atoms with Gasteiger partial charge in [0.2, 0.25) is 0 Å². The Kier molecular flexibility index (Phi) is 5.55. The number of sulfonamides is 1. The summed E-state index contributed by atoms with van der Waals surface area (Å²) >= 11 is 0. The summed E-state index contributed by atoms with van der Waals surface area (Å²) < 4.78 is 39.1. The van der Waals surface area contributed by atoms with Gasteiger partial charge in [-0.25, -0.2) is 13.2 Å². The van der Waals surface area contributed by atoms with E-state index >= 15 is 0 Å². The van der Waals surface area contributed by atoms with Crippen LogP contribution in [0, 0.1) is 0 Å². The zero-order valence-electron chi connectivity index (χ0n) is 15.5. The van der Waals surface area contributed by atoms with E-state index in [1.54, 1.807) is 19.1 Å². The van der Waals surface area contributed by atoms with Crippen LogP contribution in [0.15, 0.2) is 56.6 Å². The van der Waals surface area contributed by atoms with Gasteiger partial charge in [-0.2, -0.15) is 0 Å². The van der Waals surface area contributed by atoms with Crippen LogP contribution in [0.4, 0.5) is 5.69 Å². The quantitative estimate of drug-likeness (QED) is 0.606. The number of oxazole rings is 1. The number of fused-ring (bicyclic) bond motifs is 1. The number of anilines is 1. The summed E-state index contributed by atoms with van der Waals surface area (Å²) in [6.07, 6.45) is 0.670. The van der Waals surface area contributed by atoms with Gasteiger partial charge in [0.25, 0.3) is 10.0 Å². The fraction of sp³-hybridized carbons (Fsp3) is 0.263. The summed E-state index contributed by atoms with van der Waals surface area (Å²) in [7, 11) is -3.89. The number of hydrogen-bond donors (Lipinski definition) is 1. The van der Waals surface area contributed by atoms with E-state index in [1.807, 2.05) is 19.1 Å². The Morgan fingerprint density at radius 2 is 1.93 bits per heavy atom. The third-order valence-electron chi connectivity index (χ3n) is 4.19. The lowest BCUT2D eigenvalue weighted by Gasteiger charge is -2.11. The summed E-state index contributed by atoms with van der Waals surface area (Å²) in [5.41, 5.74) is 1.73. The summed E-state index contributed by atoms with van der Waals surface area (Å²) in [5.74, 6) is -1.34. The van der Waals surface area contributed by atoms with Crippen molar-refractivity contribution in [3.8, 4) is 0 Å². The Morgan fingerprint density at radius 1 is 1.18 bits per heavy atom. The molecular weight excluding hydrogens is 384 g/mol. The molecule has 0 fully saturated rings. The maximum absolute atomic E-state index is 12.8. The highest BCUT2D eigenvalue weighted by Crippen LogP contribution is 2.23. The normalized spacial score (nSPS) is 11.5. The average Bonchev–Trinajstić information content (AvgIpc) is 2.96. The Balaban J connectivity index is 1.96. The molecule has 28 heavy (non-hydrogen) atoms. The van der Waals surface area contributed by atoms with Gasteiger partial charge < -0.3 is 9.15 Å². The number of nitrogens with zero attached hydrogens (tertiary/aromatic N) is 1. The number of aryl methyl sites for hydroxylation is 1. The summed E-state index contributed by atoms with van der Waals surface area (Å²) in [4.78, 5) is 23.7. The van der Waals surface area contributed by atoms with Crippen LogP contribution in [0.5, 0.6) is 0 Å². The number of carbonyl (C=O) groups is 1. The van der Waals surface area contributed by atoms with E-state index in [9.17, 15) is 18.0 Å². The van der Waals surface area contributed by atoms with Crippen molar-refractivity contribution in [2.45, 2.75) is 31.7 Å². The zero-order valence-corrected chi connectivity index (χ0v) is 16.3. The fourth-order valence-corrected chi connectivity index (χ4v) is 3.95. The van der Waals surface area contributed by atoms with E-state index in [0.29, 0.717) is 17.6 Å². The molecule has 0 saturated carbocycles. The molecule has 0 radical (unpaired) electrons. The monoisotopic (exact) mass is 404 g/mol. The molecule has 1 heterocycles. The molecule has 0 atom stereocenters. The Labute approximate surface area is 161 Å². The lowest BCUT2D eigenvalue weighted by Crippen LogP contribution is -2.21. The molecule has 148 valence electrons. The molecule has 1 N–H and O–H groups in total. The molecule has 0 aliphatic rings. The third kappa shape index (κ3) is 3.94. The first-order valence-corrected chi connectivity index (χ1v) is 10.2. The van der Waals surface area contributed by atoms with Crippen molar-refractivity contribution in [1.29, 1.82) is 0 Å². The average molecular weight is 404 g/mol. The molecule has 8 nitrogen and oxygen atoms in total. The molecule has 0 aliphatic heterocycles. The van der Waals surface area contributed by atoms with E-state index in [2.05, 4.69) is 4.72 Å². The first kappa shape index (κ1) is 19.7. The second kappa shape index (κ2) is 7.89. The summed E-state index contributed by atoms with van der Waals surface area (Å²) in [6.45, 7) is 3.47. The molecule has 1 aromatic heterocycles. The Hall–Kier alpha value is -3.07. The van der Waals surface area contributed by atoms with E-state index in [-0.39, 0.29) is 23.6 Å². The number of esters is 1. The van der Waals surface area contributed by atoms with Crippen molar-refractivity contribution in [1.82, 2.24) is 4.57 Å². The number of ether oxygens (including phenoxy) is 1. The number of aromatic nitrogens is 1. The zero-order chi connectivity index (χ0) is 20.3. The first-order valence-electron chi connectivity index (χ1n) is 8.75. The van der Waals surface area contributed by atoms with E-state index in [4.69, 9.17) is 9.15 Å². The molecule has 0 saturated heterocycles. The summed E-state index contributed by atoms with van der Waals surface area (Å²) in [6, 6.07) is 11.2. The molecule has 0 bridgehead atoms. The second-order valence-corrected chi connectivity index (χ2v) is 7.69. The predicted molar refractivity (Wildman–Crippen MR) is 104 cm³/mol. The van der Waals surface area contributed by atoms with Crippen LogP contribution < -0.4 is 10.5 Å². The lowest BCUT2D eigenvalue weighted by atomic mass is 10.1. The maximum atomic E-state index is 12.8. The molecule has 0 amide bonds. The highest BCUT2D eigenvalue weighted by molar-refractivity contribution is 7.92. The predicted octanol–water partition coefficient (Wildman–Crippen LogP) is 2.52. The summed E-state index contributed by atoms with van der Waals surface area (Å²) in [5, 5.41) is 0. The fourth-order valence-electron chi connectivity index (χ4n) is 2.83. The maximum Gasteiger partial charge on any atom is 0.420 e. The molecule has 3 rings (SSSR count). The first-order chi connectivity index (χ1) is 13.4.